The average Bonchev–Trinajstić information content (AvgIpc) is 2.85. The molecule has 0 bridgehead atoms. The fourth-order valence-corrected chi connectivity index (χ4v) is 4.66. The minimum absolute atomic E-state index is 0.334. The molecule has 2 aromatic rings. The zero-order chi connectivity index (χ0) is 18.0. The summed E-state index contributed by atoms with van der Waals surface area (Å²) in [5, 5.41) is 0.741. The van der Waals surface area contributed by atoms with Crippen LogP contribution in [0, 0.1) is 5.92 Å². The van der Waals surface area contributed by atoms with Crippen LogP contribution < -0.4 is 0 Å². The molecule has 0 amide bonds. The molecule has 3 nitrogen and oxygen atoms in total. The Hall–Kier alpha value is -1.53. The molecule has 136 valence electrons. The van der Waals surface area contributed by atoms with Gasteiger partial charge in [-0.05, 0) is 57.6 Å². The van der Waals surface area contributed by atoms with E-state index < -0.39 is 17.3 Å². The van der Waals surface area contributed by atoms with E-state index in [9.17, 15) is 13.2 Å². The van der Waals surface area contributed by atoms with Crippen molar-refractivity contribution in [1.82, 2.24) is 9.47 Å². The van der Waals surface area contributed by atoms with Crippen LogP contribution in [0.2, 0.25) is 0 Å². The first-order valence-electron chi connectivity index (χ1n) is 8.73. The molecule has 2 aliphatic heterocycles. The lowest BCUT2D eigenvalue weighted by Crippen LogP contribution is -2.48. The first-order valence-corrected chi connectivity index (χ1v) is 8.73. The third-order valence-electron chi connectivity index (χ3n) is 5.79. The van der Waals surface area contributed by atoms with Crippen LogP contribution in [-0.4, -0.2) is 36.7 Å². The van der Waals surface area contributed by atoms with Gasteiger partial charge in [-0.25, -0.2) is 0 Å². The molecule has 0 aliphatic carbocycles. The number of hydrogen-bond donors (Lipinski definition) is 0. The van der Waals surface area contributed by atoms with E-state index in [0.29, 0.717) is 18.9 Å². The molecule has 6 heteroatoms. The van der Waals surface area contributed by atoms with Crippen molar-refractivity contribution in [2.45, 2.75) is 38.1 Å². The smallest absolute Gasteiger partial charge is 0.368 e. The highest BCUT2D eigenvalue weighted by atomic mass is 19.4. The molecule has 0 fully saturated rings. The van der Waals surface area contributed by atoms with Gasteiger partial charge < -0.3 is 14.2 Å². The van der Waals surface area contributed by atoms with Gasteiger partial charge in [-0.15, -0.1) is 0 Å². The monoisotopic (exact) mass is 352 g/mol. The molecule has 0 spiro atoms. The Kier molecular flexibility index (Phi) is 3.71. The third-order valence-corrected chi connectivity index (χ3v) is 5.79. The Morgan fingerprint density at radius 2 is 2.08 bits per heavy atom. The highest BCUT2D eigenvalue weighted by molar-refractivity contribution is 5.87. The SMILES string of the molecule is CN(C)CC1CCn2c3c(c4cc(C(F)(F)F)ccc42)CCOC31C. The van der Waals surface area contributed by atoms with Crippen LogP contribution in [0.5, 0.6) is 0 Å². The number of nitrogens with zero attached hydrogens (tertiary/aromatic N) is 2. The summed E-state index contributed by atoms with van der Waals surface area (Å²) in [4.78, 5) is 2.16. The molecular formula is C19H23F3N2O. The van der Waals surface area contributed by atoms with E-state index in [4.69, 9.17) is 4.74 Å². The summed E-state index contributed by atoms with van der Waals surface area (Å²) in [7, 11) is 4.10. The molecule has 0 N–H and O–H groups in total. The molecule has 2 atom stereocenters. The van der Waals surface area contributed by atoms with Crippen molar-refractivity contribution in [3.05, 3.63) is 35.0 Å². The van der Waals surface area contributed by atoms with Gasteiger partial charge >= 0.3 is 6.18 Å². The Bertz CT molecular complexity index is 824. The van der Waals surface area contributed by atoms with Gasteiger partial charge in [-0.2, -0.15) is 13.2 Å². The summed E-state index contributed by atoms with van der Waals surface area (Å²) < 4.78 is 47.9. The van der Waals surface area contributed by atoms with Gasteiger partial charge in [0, 0.05) is 29.9 Å². The second-order valence-electron chi connectivity index (χ2n) is 7.66. The lowest BCUT2D eigenvalue weighted by Gasteiger charge is -2.46. The maximum Gasteiger partial charge on any atom is 0.416 e. The number of halogens is 3. The van der Waals surface area contributed by atoms with Crippen molar-refractivity contribution in [2.24, 2.45) is 5.92 Å². The molecule has 1 aromatic carbocycles. The van der Waals surface area contributed by atoms with E-state index in [1.54, 1.807) is 6.07 Å². The topological polar surface area (TPSA) is 17.4 Å². The maximum atomic E-state index is 13.2. The van der Waals surface area contributed by atoms with Crippen LogP contribution in [0.15, 0.2) is 18.2 Å². The van der Waals surface area contributed by atoms with E-state index in [1.165, 1.54) is 12.1 Å². The fraction of sp³-hybridized carbons (Fsp3) is 0.579. The number of aryl methyl sites for hydroxylation is 1. The van der Waals surface area contributed by atoms with Crippen molar-refractivity contribution >= 4 is 10.9 Å². The van der Waals surface area contributed by atoms with Crippen LogP contribution in [0.25, 0.3) is 10.9 Å². The second kappa shape index (κ2) is 5.48. The molecule has 3 heterocycles. The Morgan fingerprint density at radius 3 is 2.76 bits per heavy atom. The Labute approximate surface area is 145 Å². The standard InChI is InChI=1S/C19H23F3N2O/c1-18-13(11-23(2)3)6-8-24-16-5-4-12(19(20,21)22)10-15(16)14(17(18)24)7-9-25-18/h4-5,10,13H,6-9,11H2,1-3H3. The summed E-state index contributed by atoms with van der Waals surface area (Å²) in [5.74, 6) is 0.334. The van der Waals surface area contributed by atoms with Crippen molar-refractivity contribution in [3.63, 3.8) is 0 Å². The summed E-state index contributed by atoms with van der Waals surface area (Å²) in [5.41, 5.74) is 2.02. The summed E-state index contributed by atoms with van der Waals surface area (Å²) in [6, 6.07) is 4.15. The zero-order valence-corrected chi connectivity index (χ0v) is 14.8. The van der Waals surface area contributed by atoms with Gasteiger partial charge in [0.25, 0.3) is 0 Å². The number of hydrogen-bond acceptors (Lipinski definition) is 2. The Morgan fingerprint density at radius 1 is 1.32 bits per heavy atom. The lowest BCUT2D eigenvalue weighted by atomic mass is 9.77. The highest BCUT2D eigenvalue weighted by Crippen LogP contribution is 2.48. The highest BCUT2D eigenvalue weighted by Gasteiger charge is 2.47. The maximum absolute atomic E-state index is 13.2. The van der Waals surface area contributed by atoms with Crippen LogP contribution >= 0.6 is 0 Å². The van der Waals surface area contributed by atoms with Gasteiger partial charge in [0.05, 0.1) is 17.9 Å². The number of benzene rings is 1. The summed E-state index contributed by atoms with van der Waals surface area (Å²) in [6.07, 6.45) is -2.68. The number of alkyl halides is 3. The van der Waals surface area contributed by atoms with Gasteiger partial charge in [0.1, 0.15) is 5.60 Å². The molecule has 0 radical (unpaired) electrons. The largest absolute Gasteiger partial charge is 0.416 e. The fourth-order valence-electron chi connectivity index (χ4n) is 4.66. The number of ether oxygens (including phenoxy) is 1. The Balaban J connectivity index is 1.92. The molecule has 2 aliphatic rings. The van der Waals surface area contributed by atoms with Gasteiger partial charge in [-0.3, -0.25) is 0 Å². The predicted molar refractivity (Wildman–Crippen MR) is 90.6 cm³/mol. The average molecular weight is 352 g/mol. The number of rotatable bonds is 2. The molecule has 25 heavy (non-hydrogen) atoms. The van der Waals surface area contributed by atoms with Gasteiger partial charge in [0.15, 0.2) is 0 Å². The first kappa shape index (κ1) is 16.9. The van der Waals surface area contributed by atoms with E-state index in [0.717, 1.165) is 41.7 Å². The van der Waals surface area contributed by atoms with Crippen molar-refractivity contribution in [2.75, 3.05) is 27.2 Å². The predicted octanol–water partition coefficient (Wildman–Crippen LogP) is 4.03. The quantitative estimate of drug-likeness (QED) is 0.812. The minimum Gasteiger partial charge on any atom is -0.368 e. The van der Waals surface area contributed by atoms with Crippen LogP contribution in [-0.2, 0) is 29.5 Å². The molecule has 0 saturated heterocycles. The van der Waals surface area contributed by atoms with E-state index in [1.807, 2.05) is 14.1 Å². The molecule has 0 saturated carbocycles. The number of fused-ring (bicyclic) bond motifs is 3. The number of aromatic nitrogens is 1. The summed E-state index contributed by atoms with van der Waals surface area (Å²) in [6.45, 7) is 4.40. The normalized spacial score (nSPS) is 26.3. The summed E-state index contributed by atoms with van der Waals surface area (Å²) >= 11 is 0. The van der Waals surface area contributed by atoms with E-state index in [-0.39, 0.29) is 0 Å². The van der Waals surface area contributed by atoms with Gasteiger partial charge in [-0.1, -0.05) is 0 Å². The van der Waals surface area contributed by atoms with E-state index in [2.05, 4.69) is 16.4 Å². The van der Waals surface area contributed by atoms with Gasteiger partial charge in [0.2, 0.25) is 0 Å². The lowest BCUT2D eigenvalue weighted by molar-refractivity contribution is -0.137. The molecule has 1 aromatic heterocycles. The van der Waals surface area contributed by atoms with Crippen LogP contribution in [0.3, 0.4) is 0 Å². The molecular weight excluding hydrogens is 329 g/mol. The second-order valence-corrected chi connectivity index (χ2v) is 7.66. The van der Waals surface area contributed by atoms with Crippen LogP contribution in [0.4, 0.5) is 13.2 Å². The minimum atomic E-state index is -4.31. The first-order chi connectivity index (χ1) is 11.7. The van der Waals surface area contributed by atoms with E-state index >= 15 is 0 Å². The zero-order valence-electron chi connectivity index (χ0n) is 14.8. The van der Waals surface area contributed by atoms with Crippen molar-refractivity contribution in [3.8, 4) is 0 Å². The third kappa shape index (κ3) is 2.49. The van der Waals surface area contributed by atoms with Crippen molar-refractivity contribution in [1.29, 1.82) is 0 Å². The molecule has 2 unspecified atom stereocenters. The van der Waals surface area contributed by atoms with Crippen molar-refractivity contribution < 1.29 is 17.9 Å². The van der Waals surface area contributed by atoms with Crippen LogP contribution in [0.1, 0.15) is 30.2 Å². The molecule has 4 rings (SSSR count).